The molecule has 0 radical (unpaired) electrons. The smallest absolute Gasteiger partial charge is 0.306 e. The van der Waals surface area contributed by atoms with Gasteiger partial charge in [0.1, 0.15) is 13.2 Å². The molecule has 58 heavy (non-hydrogen) atoms. The SMILES string of the molecule is CCCCCCCCCCCC(=O)OC[C@H](COC(=O)CCCCCCCCCCCCCCCCCCC(C)C)OC(=O)CCCCCCCCCCC(C)CC. The highest BCUT2D eigenvalue weighted by atomic mass is 16.6. The van der Waals surface area contributed by atoms with Crippen LogP contribution >= 0.6 is 0 Å². The summed E-state index contributed by atoms with van der Waals surface area (Å²) in [6.45, 7) is 11.4. The Balaban J connectivity index is 4.22. The first kappa shape index (κ1) is 56.4. The van der Waals surface area contributed by atoms with E-state index in [4.69, 9.17) is 14.2 Å². The molecular weight excluding hydrogens is 721 g/mol. The molecule has 0 aromatic heterocycles. The number of carbonyl (C=O) groups is 3. The van der Waals surface area contributed by atoms with Crippen LogP contribution in [0.4, 0.5) is 0 Å². The van der Waals surface area contributed by atoms with Crippen LogP contribution in [0, 0.1) is 11.8 Å². The van der Waals surface area contributed by atoms with Crippen molar-refractivity contribution >= 4 is 17.9 Å². The first-order valence-corrected chi connectivity index (χ1v) is 25.8. The maximum absolute atomic E-state index is 12.7. The molecule has 0 aliphatic rings. The van der Waals surface area contributed by atoms with Gasteiger partial charge in [-0.25, -0.2) is 0 Å². The van der Waals surface area contributed by atoms with Gasteiger partial charge in [0.15, 0.2) is 6.10 Å². The molecule has 0 aliphatic heterocycles. The summed E-state index contributed by atoms with van der Waals surface area (Å²) in [6, 6.07) is 0. The van der Waals surface area contributed by atoms with Crippen molar-refractivity contribution in [3.8, 4) is 0 Å². The van der Waals surface area contributed by atoms with Gasteiger partial charge in [0, 0.05) is 19.3 Å². The molecule has 1 unspecified atom stereocenters. The number of hydrogen-bond acceptors (Lipinski definition) is 6. The normalized spacial score (nSPS) is 12.5. The highest BCUT2D eigenvalue weighted by Crippen LogP contribution is 2.18. The lowest BCUT2D eigenvalue weighted by Crippen LogP contribution is -2.30. The summed E-state index contributed by atoms with van der Waals surface area (Å²) in [5, 5.41) is 0. The lowest BCUT2D eigenvalue weighted by molar-refractivity contribution is -0.167. The molecule has 0 bridgehead atoms. The molecule has 0 aromatic carbocycles. The van der Waals surface area contributed by atoms with E-state index in [1.165, 1.54) is 173 Å². The zero-order valence-electron chi connectivity index (χ0n) is 39.7. The lowest BCUT2D eigenvalue weighted by Gasteiger charge is -2.18. The fourth-order valence-corrected chi connectivity index (χ4v) is 7.78. The quantitative estimate of drug-likeness (QED) is 0.0346. The Kier molecular flexibility index (Phi) is 43.7. The van der Waals surface area contributed by atoms with Gasteiger partial charge in [0.05, 0.1) is 0 Å². The number of esters is 3. The Morgan fingerprint density at radius 1 is 0.362 bits per heavy atom. The molecule has 6 nitrogen and oxygen atoms in total. The summed E-state index contributed by atoms with van der Waals surface area (Å²) >= 11 is 0. The number of hydrogen-bond donors (Lipinski definition) is 0. The summed E-state index contributed by atoms with van der Waals surface area (Å²) in [4.78, 5) is 37.8. The first-order valence-electron chi connectivity index (χ1n) is 25.8. The Morgan fingerprint density at radius 2 is 0.655 bits per heavy atom. The monoisotopic (exact) mass is 821 g/mol. The van der Waals surface area contributed by atoms with E-state index in [9.17, 15) is 14.4 Å². The Bertz CT molecular complexity index is 887. The molecule has 0 heterocycles. The molecule has 6 heteroatoms. The summed E-state index contributed by atoms with van der Waals surface area (Å²) in [5.41, 5.74) is 0. The van der Waals surface area contributed by atoms with Crippen molar-refractivity contribution in [3.63, 3.8) is 0 Å². The van der Waals surface area contributed by atoms with Crippen molar-refractivity contribution in [2.75, 3.05) is 13.2 Å². The fourth-order valence-electron chi connectivity index (χ4n) is 7.78. The van der Waals surface area contributed by atoms with Crippen molar-refractivity contribution in [1.29, 1.82) is 0 Å². The average molecular weight is 821 g/mol. The maximum Gasteiger partial charge on any atom is 0.306 e. The van der Waals surface area contributed by atoms with Crippen LogP contribution in [-0.4, -0.2) is 37.2 Å². The number of ether oxygens (including phenoxy) is 3. The summed E-state index contributed by atoms with van der Waals surface area (Å²) in [6.07, 6.45) is 45.2. The number of unbranched alkanes of at least 4 members (excludes halogenated alkanes) is 30. The Hall–Kier alpha value is -1.59. The van der Waals surface area contributed by atoms with Crippen LogP contribution < -0.4 is 0 Å². The minimum atomic E-state index is -0.761. The zero-order valence-corrected chi connectivity index (χ0v) is 39.7. The molecule has 0 rings (SSSR count). The van der Waals surface area contributed by atoms with Crippen molar-refractivity contribution in [2.45, 2.75) is 291 Å². The molecule has 0 saturated carbocycles. The number of rotatable bonds is 46. The van der Waals surface area contributed by atoms with Crippen LogP contribution in [0.25, 0.3) is 0 Å². The molecule has 0 saturated heterocycles. The third kappa shape index (κ3) is 44.0. The van der Waals surface area contributed by atoms with Crippen molar-refractivity contribution in [2.24, 2.45) is 11.8 Å². The van der Waals surface area contributed by atoms with Crippen LogP contribution in [0.15, 0.2) is 0 Å². The summed E-state index contributed by atoms with van der Waals surface area (Å²) in [5.74, 6) is 0.845. The zero-order chi connectivity index (χ0) is 42.6. The summed E-state index contributed by atoms with van der Waals surface area (Å²) < 4.78 is 16.8. The predicted molar refractivity (Wildman–Crippen MR) is 247 cm³/mol. The molecule has 344 valence electrons. The summed E-state index contributed by atoms with van der Waals surface area (Å²) in [7, 11) is 0. The molecule has 0 fully saturated rings. The average Bonchev–Trinajstić information content (AvgIpc) is 3.21. The van der Waals surface area contributed by atoms with Gasteiger partial charge in [-0.05, 0) is 31.1 Å². The third-order valence-electron chi connectivity index (χ3n) is 12.1. The van der Waals surface area contributed by atoms with Crippen LogP contribution in [0.2, 0.25) is 0 Å². The van der Waals surface area contributed by atoms with Gasteiger partial charge in [-0.1, -0.05) is 247 Å². The van der Waals surface area contributed by atoms with Gasteiger partial charge in [-0.3, -0.25) is 14.4 Å². The largest absolute Gasteiger partial charge is 0.462 e. The van der Waals surface area contributed by atoms with E-state index in [0.29, 0.717) is 19.3 Å². The van der Waals surface area contributed by atoms with Crippen molar-refractivity contribution < 1.29 is 28.6 Å². The maximum atomic E-state index is 12.7. The van der Waals surface area contributed by atoms with E-state index < -0.39 is 6.10 Å². The second-order valence-corrected chi connectivity index (χ2v) is 18.5. The topological polar surface area (TPSA) is 78.9 Å². The Labute approximate surface area is 361 Å². The van der Waals surface area contributed by atoms with Crippen LogP contribution in [0.1, 0.15) is 285 Å². The van der Waals surface area contributed by atoms with Gasteiger partial charge in [-0.15, -0.1) is 0 Å². The molecule has 2 atom stereocenters. The van der Waals surface area contributed by atoms with Gasteiger partial charge in [-0.2, -0.15) is 0 Å². The minimum absolute atomic E-state index is 0.0641. The minimum Gasteiger partial charge on any atom is -0.462 e. The molecular formula is C52H100O6. The lowest BCUT2D eigenvalue weighted by atomic mass is 9.99. The van der Waals surface area contributed by atoms with Crippen molar-refractivity contribution in [1.82, 2.24) is 0 Å². The van der Waals surface area contributed by atoms with Gasteiger partial charge < -0.3 is 14.2 Å². The predicted octanol–water partition coefficient (Wildman–Crippen LogP) is 16.5. The highest BCUT2D eigenvalue weighted by molar-refractivity contribution is 5.71. The van der Waals surface area contributed by atoms with Crippen LogP contribution in [0.5, 0.6) is 0 Å². The van der Waals surface area contributed by atoms with Gasteiger partial charge in [0.2, 0.25) is 0 Å². The van der Waals surface area contributed by atoms with Crippen LogP contribution in [0.3, 0.4) is 0 Å². The third-order valence-corrected chi connectivity index (χ3v) is 12.1. The van der Waals surface area contributed by atoms with E-state index in [0.717, 1.165) is 69.6 Å². The van der Waals surface area contributed by atoms with Crippen LogP contribution in [-0.2, 0) is 28.6 Å². The molecule has 0 spiro atoms. The fraction of sp³-hybridized carbons (Fsp3) is 0.942. The molecule has 0 aromatic rings. The second kappa shape index (κ2) is 44.9. The van der Waals surface area contributed by atoms with Crippen molar-refractivity contribution in [3.05, 3.63) is 0 Å². The highest BCUT2D eigenvalue weighted by Gasteiger charge is 2.19. The van der Waals surface area contributed by atoms with Gasteiger partial charge >= 0.3 is 17.9 Å². The molecule has 0 aliphatic carbocycles. The standard InChI is InChI=1S/C52H100O6/c1-6-8-9-10-11-20-27-32-37-42-50(53)56-45-49(58-52(55)44-39-34-29-24-23-26-31-36-41-48(5)7-2)46-57-51(54)43-38-33-28-22-19-17-15-13-12-14-16-18-21-25-30-35-40-47(3)4/h47-49H,6-46H2,1-5H3/t48?,49-/m1/s1. The van der Waals surface area contributed by atoms with E-state index in [1.54, 1.807) is 0 Å². The van der Waals surface area contributed by atoms with E-state index in [2.05, 4.69) is 34.6 Å². The van der Waals surface area contributed by atoms with E-state index in [-0.39, 0.29) is 31.1 Å². The Morgan fingerprint density at radius 3 is 0.983 bits per heavy atom. The second-order valence-electron chi connectivity index (χ2n) is 18.5. The first-order chi connectivity index (χ1) is 28.3. The van der Waals surface area contributed by atoms with E-state index in [1.807, 2.05) is 0 Å². The number of carbonyl (C=O) groups excluding carboxylic acids is 3. The van der Waals surface area contributed by atoms with E-state index >= 15 is 0 Å². The van der Waals surface area contributed by atoms with Gasteiger partial charge in [0.25, 0.3) is 0 Å². The molecule has 0 amide bonds. The molecule has 0 N–H and O–H groups in total.